The summed E-state index contributed by atoms with van der Waals surface area (Å²) in [4.78, 5) is 8.25. The second-order valence-corrected chi connectivity index (χ2v) is 0.224. The number of hydrogen-bond acceptors (Lipinski definition) is 3. The molecule has 0 amide bonds. The average molecular weight is 98.1 g/mol. The predicted octanol–water partition coefficient (Wildman–Crippen LogP) is 0.513. The number of nitrogens with zero attached hydrogens (tertiary/aromatic N) is 1. The Balaban J connectivity index is -0.0000000450. The van der Waals surface area contributed by atoms with Crippen molar-refractivity contribution >= 4 is 0 Å². The highest BCUT2D eigenvalue weighted by Gasteiger charge is 1.45. The normalized spacial score (nSPS) is 4.00. The molecule has 0 bridgehead atoms. The van der Waals surface area contributed by atoms with Gasteiger partial charge in [-0.15, -0.1) is 0 Å². The van der Waals surface area contributed by atoms with Crippen LogP contribution >= 0.6 is 0 Å². The van der Waals surface area contributed by atoms with E-state index < -0.39 is 5.09 Å². The molecule has 0 spiro atoms. The molecule has 40 valence electrons. The molecule has 0 radical (unpaired) electrons. The summed E-state index contributed by atoms with van der Waals surface area (Å²) in [7, 11) is 0. The van der Waals surface area contributed by atoms with Crippen LogP contribution in [0.1, 0.15) is 0 Å². The lowest BCUT2D eigenvalue weighted by Gasteiger charge is -1.74. The Bertz CT molecular complexity index is 29.0. The molecule has 0 fully saturated rings. The van der Waals surface area contributed by atoms with Gasteiger partial charge in [-0.25, -0.2) is 0 Å². The molecule has 0 rings (SSSR count). The Kier molecular flexibility index (Phi) is 28.8. The summed E-state index contributed by atoms with van der Waals surface area (Å²) in [6, 6.07) is 0. The second-order valence-electron chi connectivity index (χ2n) is 0.224. The van der Waals surface area contributed by atoms with Gasteiger partial charge in [0.05, 0.1) is 5.09 Å². The first-order chi connectivity index (χ1) is 1.73. The molecule has 0 aliphatic heterocycles. The van der Waals surface area contributed by atoms with Crippen molar-refractivity contribution < 1.29 is 5.09 Å². The largest absolute Gasteiger partial charge is 0.369 e. The van der Waals surface area contributed by atoms with E-state index >= 15 is 0 Å². The number of quaternary nitrogens is 2. The van der Waals surface area contributed by atoms with E-state index in [1.54, 1.807) is 0 Å². The van der Waals surface area contributed by atoms with Crippen LogP contribution in [0.3, 0.4) is 0 Å². The quantitative estimate of drug-likeness (QED) is 0.337. The average Bonchev–Trinajstić information content (AvgIpc) is 0.811. The lowest BCUT2D eigenvalue weighted by Crippen LogP contribution is -1.74. The van der Waals surface area contributed by atoms with Gasteiger partial charge in [0.15, 0.2) is 0 Å². The summed E-state index contributed by atoms with van der Waals surface area (Å²) in [5, 5.41) is 14.8. The Labute approximate surface area is 34.0 Å². The van der Waals surface area contributed by atoms with E-state index in [1.165, 1.54) is 0 Å². The molecule has 0 aliphatic rings. The van der Waals surface area contributed by atoms with Crippen LogP contribution < -0.4 is 12.3 Å². The van der Waals surface area contributed by atoms with Gasteiger partial charge in [0.2, 0.25) is 0 Å². The first-order valence-electron chi connectivity index (χ1n) is 0.548. The zero-order valence-corrected chi connectivity index (χ0v) is 3.67. The summed E-state index contributed by atoms with van der Waals surface area (Å²) in [6.07, 6.45) is 0. The first-order valence-corrected chi connectivity index (χ1v) is 0.548. The molecule has 0 saturated heterocycles. The van der Waals surface area contributed by atoms with Crippen LogP contribution in [0.5, 0.6) is 0 Å². The third-order valence-electron chi connectivity index (χ3n) is 0. The van der Waals surface area contributed by atoms with Crippen LogP contribution in [-0.4, -0.2) is 5.09 Å². The van der Waals surface area contributed by atoms with E-state index in [1.807, 2.05) is 0 Å². The fraction of sp³-hybridized carbons (Fsp3) is 0. The Morgan fingerprint density at radius 2 is 1.17 bits per heavy atom. The fourth-order valence-corrected chi connectivity index (χ4v) is 0. The van der Waals surface area contributed by atoms with E-state index in [9.17, 15) is 0 Å². The predicted molar refractivity (Wildman–Crippen MR) is 22.3 cm³/mol. The molecule has 0 aromatic heterocycles. The van der Waals surface area contributed by atoms with Crippen molar-refractivity contribution in [2.75, 3.05) is 0 Å². The van der Waals surface area contributed by atoms with E-state index in [2.05, 4.69) is 0 Å². The maximum atomic E-state index is 8.25. The monoisotopic (exact) mass is 98.1 g/mol. The minimum absolute atomic E-state index is 0. The first kappa shape index (κ1) is 19.3. The molecule has 8 N–H and O–H groups in total. The van der Waals surface area contributed by atoms with Crippen molar-refractivity contribution in [1.29, 1.82) is 0 Å². The van der Waals surface area contributed by atoms with Crippen molar-refractivity contribution in [2.45, 2.75) is 0 Å². The molecule has 6 nitrogen and oxygen atoms in total. The minimum Gasteiger partial charge on any atom is -0.369 e. The van der Waals surface area contributed by atoms with Crippen LogP contribution in [0.4, 0.5) is 0 Å². The van der Waals surface area contributed by atoms with Gasteiger partial charge in [0.25, 0.3) is 0 Å². The Morgan fingerprint density at radius 1 is 1.17 bits per heavy atom. The van der Waals surface area contributed by atoms with Crippen molar-refractivity contribution in [3.8, 4) is 0 Å². The molecule has 0 heterocycles. The third kappa shape index (κ3) is 18.1. The van der Waals surface area contributed by atoms with Crippen LogP contribution in [0, 0.1) is 15.3 Å². The lowest BCUT2D eigenvalue weighted by atomic mass is 13.1. The maximum absolute atomic E-state index is 8.25. The van der Waals surface area contributed by atoms with Crippen molar-refractivity contribution in [3.05, 3.63) is 15.3 Å². The minimum atomic E-state index is -1.75. The highest BCUT2D eigenvalue weighted by molar-refractivity contribution is 4.03. The fourth-order valence-electron chi connectivity index (χ4n) is 0. The van der Waals surface area contributed by atoms with Gasteiger partial charge in [0.1, 0.15) is 0 Å². The van der Waals surface area contributed by atoms with E-state index in [4.69, 9.17) is 15.3 Å². The van der Waals surface area contributed by atoms with E-state index in [0.717, 1.165) is 0 Å². The molecule has 0 aromatic rings. The molecular formula is H8N3O3+. The summed E-state index contributed by atoms with van der Waals surface area (Å²) in [5.41, 5.74) is 0. The molecule has 0 aliphatic carbocycles. The molecule has 0 aromatic carbocycles. The third-order valence-corrected chi connectivity index (χ3v) is 0. The summed E-state index contributed by atoms with van der Waals surface area (Å²) < 4.78 is 0. The summed E-state index contributed by atoms with van der Waals surface area (Å²) in [5.74, 6) is 0. The van der Waals surface area contributed by atoms with Gasteiger partial charge in [-0.2, -0.15) is 0 Å². The van der Waals surface area contributed by atoms with Gasteiger partial charge in [0, 0.05) is 0 Å². The van der Waals surface area contributed by atoms with Crippen LogP contribution in [-0.2, 0) is 0 Å². The van der Waals surface area contributed by atoms with Gasteiger partial charge >= 0.3 is 0 Å². The van der Waals surface area contributed by atoms with Crippen LogP contribution in [0.2, 0.25) is 0 Å². The van der Waals surface area contributed by atoms with Crippen molar-refractivity contribution in [1.82, 2.24) is 12.3 Å². The topological polar surface area (TPSA) is 139 Å². The lowest BCUT2D eigenvalue weighted by molar-refractivity contribution is -0.402. The molecule has 6 heteroatoms. The SMILES string of the molecule is O=[N+]([O-])[O-].[NH4+].[NH4+]. The van der Waals surface area contributed by atoms with E-state index in [0.29, 0.717) is 0 Å². The van der Waals surface area contributed by atoms with Gasteiger partial charge in [-0.05, 0) is 0 Å². The Morgan fingerprint density at radius 3 is 1.17 bits per heavy atom. The van der Waals surface area contributed by atoms with Crippen LogP contribution in [0.25, 0.3) is 0 Å². The molecule has 0 unspecified atom stereocenters. The van der Waals surface area contributed by atoms with Crippen molar-refractivity contribution in [3.63, 3.8) is 0 Å². The highest BCUT2D eigenvalue weighted by atomic mass is 16.9. The zero-order valence-electron chi connectivity index (χ0n) is 3.67. The van der Waals surface area contributed by atoms with E-state index in [-0.39, 0.29) is 12.3 Å². The second kappa shape index (κ2) is 8.92. The summed E-state index contributed by atoms with van der Waals surface area (Å²) >= 11 is 0. The standard InChI is InChI=1S/NO3.2H3N/c2-1(3)4;;/h;2*1H3/q-1;;/p+2. The Hall–Kier alpha value is -0.880. The number of hydrogen-bond donors (Lipinski definition) is 2. The van der Waals surface area contributed by atoms with Gasteiger partial charge in [-0.1, -0.05) is 0 Å². The smallest absolute Gasteiger partial charge is 0.0689 e. The maximum Gasteiger partial charge on any atom is 0.0689 e. The number of rotatable bonds is 0. The summed E-state index contributed by atoms with van der Waals surface area (Å²) in [6.45, 7) is 0. The van der Waals surface area contributed by atoms with Crippen LogP contribution in [0.15, 0.2) is 0 Å². The highest BCUT2D eigenvalue weighted by Crippen LogP contribution is 1.44. The molecular weight excluding hydrogens is 90.0 g/mol. The zero-order chi connectivity index (χ0) is 3.58. The van der Waals surface area contributed by atoms with Gasteiger partial charge in [-0.3, -0.25) is 0 Å². The molecule has 6 heavy (non-hydrogen) atoms. The molecule has 0 atom stereocenters. The van der Waals surface area contributed by atoms with Crippen molar-refractivity contribution in [2.24, 2.45) is 0 Å². The van der Waals surface area contributed by atoms with Gasteiger partial charge < -0.3 is 27.6 Å². The molecule has 0 saturated carbocycles.